The van der Waals surface area contributed by atoms with Gasteiger partial charge in [-0.25, -0.2) is 0 Å². The highest BCUT2D eigenvalue weighted by molar-refractivity contribution is 5.66. The first-order valence-electron chi connectivity index (χ1n) is 6.04. The van der Waals surface area contributed by atoms with Gasteiger partial charge in [0.05, 0.1) is 18.4 Å². The van der Waals surface area contributed by atoms with Crippen molar-refractivity contribution in [3.8, 4) is 11.8 Å². The fraction of sp³-hybridized carbons (Fsp3) is 0.286. The topological polar surface area (TPSA) is 62.9 Å². The third-order valence-electron chi connectivity index (χ3n) is 2.97. The number of ether oxygens (including phenoxy) is 1. The van der Waals surface area contributed by atoms with Crippen molar-refractivity contribution >= 4 is 5.69 Å². The fourth-order valence-corrected chi connectivity index (χ4v) is 1.94. The third kappa shape index (κ3) is 2.86. The Labute approximate surface area is 112 Å². The van der Waals surface area contributed by atoms with Gasteiger partial charge in [-0.3, -0.25) is 4.68 Å². The van der Waals surface area contributed by atoms with Gasteiger partial charge in [0.25, 0.3) is 0 Å². The van der Waals surface area contributed by atoms with E-state index < -0.39 is 0 Å². The first kappa shape index (κ1) is 13.0. The van der Waals surface area contributed by atoms with E-state index in [0.717, 1.165) is 17.8 Å². The van der Waals surface area contributed by atoms with E-state index in [-0.39, 0.29) is 0 Å². The Balaban J connectivity index is 2.07. The van der Waals surface area contributed by atoms with E-state index in [9.17, 15) is 0 Å². The molecule has 1 aromatic carbocycles. The van der Waals surface area contributed by atoms with Gasteiger partial charge in [-0.1, -0.05) is 6.07 Å². The van der Waals surface area contributed by atoms with E-state index in [1.807, 2.05) is 29.9 Å². The molecule has 1 heterocycles. The van der Waals surface area contributed by atoms with Crippen molar-refractivity contribution in [1.82, 2.24) is 9.78 Å². The summed E-state index contributed by atoms with van der Waals surface area (Å²) < 4.78 is 7.11. The van der Waals surface area contributed by atoms with Crippen LogP contribution < -0.4 is 10.1 Å². The zero-order valence-corrected chi connectivity index (χ0v) is 11.1. The number of nitrogens with one attached hydrogen (secondary N) is 1. The number of anilines is 1. The molecule has 5 heteroatoms. The maximum absolute atomic E-state index is 9.11. The van der Waals surface area contributed by atoms with Crippen molar-refractivity contribution in [3.05, 3.63) is 41.7 Å². The number of benzene rings is 1. The molecule has 0 bridgehead atoms. The summed E-state index contributed by atoms with van der Waals surface area (Å²) in [4.78, 5) is 0. The highest BCUT2D eigenvalue weighted by atomic mass is 16.5. The van der Waals surface area contributed by atoms with Crippen molar-refractivity contribution in [2.75, 3.05) is 19.0 Å². The van der Waals surface area contributed by atoms with Crippen LogP contribution in [0.25, 0.3) is 0 Å². The molecule has 0 aliphatic heterocycles. The number of hydrogen-bond donors (Lipinski definition) is 1. The summed E-state index contributed by atoms with van der Waals surface area (Å²) in [5.41, 5.74) is 2.47. The molecule has 2 rings (SSSR count). The van der Waals surface area contributed by atoms with Crippen molar-refractivity contribution < 1.29 is 4.74 Å². The van der Waals surface area contributed by atoms with Crippen LogP contribution in [0.4, 0.5) is 5.69 Å². The summed E-state index contributed by atoms with van der Waals surface area (Å²) in [7, 11) is 3.52. The lowest BCUT2D eigenvalue weighted by Gasteiger charge is -2.12. The van der Waals surface area contributed by atoms with E-state index in [0.29, 0.717) is 17.9 Å². The Morgan fingerprint density at radius 3 is 2.89 bits per heavy atom. The van der Waals surface area contributed by atoms with Crippen molar-refractivity contribution in [3.63, 3.8) is 0 Å². The lowest BCUT2D eigenvalue weighted by Crippen LogP contribution is -2.10. The zero-order valence-electron chi connectivity index (χ0n) is 11.1. The number of para-hydroxylation sites is 1. The van der Waals surface area contributed by atoms with Gasteiger partial charge >= 0.3 is 0 Å². The molecule has 0 fully saturated rings. The average Bonchev–Trinajstić information content (AvgIpc) is 2.84. The molecule has 1 N–H and O–H groups in total. The van der Waals surface area contributed by atoms with Crippen molar-refractivity contribution in [2.45, 2.75) is 6.42 Å². The molecule has 0 spiro atoms. The Morgan fingerprint density at radius 1 is 1.42 bits per heavy atom. The Hall–Kier alpha value is -2.48. The molecule has 19 heavy (non-hydrogen) atoms. The second-order valence-electron chi connectivity index (χ2n) is 4.12. The monoisotopic (exact) mass is 256 g/mol. The minimum absolute atomic E-state index is 0.587. The molecular weight excluding hydrogens is 240 g/mol. The van der Waals surface area contributed by atoms with Gasteiger partial charge in [0, 0.05) is 31.9 Å². The van der Waals surface area contributed by atoms with Crippen LogP contribution in [0, 0.1) is 11.3 Å². The number of nitriles is 1. The average molecular weight is 256 g/mol. The van der Waals surface area contributed by atoms with E-state index in [1.54, 1.807) is 19.4 Å². The fourth-order valence-electron chi connectivity index (χ4n) is 1.94. The van der Waals surface area contributed by atoms with Gasteiger partial charge < -0.3 is 10.1 Å². The Kier molecular flexibility index (Phi) is 4.04. The van der Waals surface area contributed by atoms with Gasteiger partial charge in [-0.2, -0.15) is 10.4 Å². The summed E-state index contributed by atoms with van der Waals surface area (Å²) >= 11 is 0. The molecule has 0 unspecified atom stereocenters. The second-order valence-corrected chi connectivity index (χ2v) is 4.12. The predicted octanol–water partition coefficient (Wildman–Crippen LogP) is 1.95. The third-order valence-corrected chi connectivity index (χ3v) is 2.97. The molecule has 1 aromatic heterocycles. The van der Waals surface area contributed by atoms with E-state index in [4.69, 9.17) is 10.00 Å². The molecule has 98 valence electrons. The standard InChI is InChI=1S/C14H16N4O/c1-18-12(7-9-17-18)6-8-16-14-11(10-15)4-3-5-13(14)19-2/h3-5,7,9,16H,6,8H2,1-2H3. The summed E-state index contributed by atoms with van der Waals surface area (Å²) in [5, 5.41) is 16.5. The van der Waals surface area contributed by atoms with Gasteiger partial charge in [0.15, 0.2) is 0 Å². The Morgan fingerprint density at radius 2 is 2.26 bits per heavy atom. The molecule has 0 amide bonds. The van der Waals surface area contributed by atoms with E-state index >= 15 is 0 Å². The van der Waals surface area contributed by atoms with Gasteiger partial charge in [-0.15, -0.1) is 0 Å². The molecule has 5 nitrogen and oxygen atoms in total. The number of rotatable bonds is 5. The maximum Gasteiger partial charge on any atom is 0.143 e. The lowest BCUT2D eigenvalue weighted by molar-refractivity contribution is 0.416. The van der Waals surface area contributed by atoms with Crippen LogP contribution in [0.3, 0.4) is 0 Å². The first-order valence-corrected chi connectivity index (χ1v) is 6.04. The minimum Gasteiger partial charge on any atom is -0.495 e. The summed E-state index contributed by atoms with van der Waals surface area (Å²) in [6, 6.07) is 9.57. The number of aryl methyl sites for hydroxylation is 1. The van der Waals surface area contributed by atoms with Crippen LogP contribution in [-0.2, 0) is 13.5 Å². The van der Waals surface area contributed by atoms with Crippen LogP contribution in [0.15, 0.2) is 30.5 Å². The number of methoxy groups -OCH3 is 1. The molecule has 0 aliphatic carbocycles. The summed E-state index contributed by atoms with van der Waals surface area (Å²) in [5.74, 6) is 0.684. The molecular formula is C14H16N4O. The number of aromatic nitrogens is 2. The smallest absolute Gasteiger partial charge is 0.143 e. The van der Waals surface area contributed by atoms with Gasteiger partial charge in [0.1, 0.15) is 11.8 Å². The van der Waals surface area contributed by atoms with Crippen LogP contribution in [-0.4, -0.2) is 23.4 Å². The molecule has 0 aliphatic rings. The summed E-state index contributed by atoms with van der Waals surface area (Å²) in [6.07, 6.45) is 2.61. The van der Waals surface area contributed by atoms with E-state index in [2.05, 4.69) is 16.5 Å². The van der Waals surface area contributed by atoms with Gasteiger partial charge in [-0.05, 0) is 18.2 Å². The predicted molar refractivity (Wildman–Crippen MR) is 73.1 cm³/mol. The molecule has 0 saturated carbocycles. The summed E-state index contributed by atoms with van der Waals surface area (Å²) in [6.45, 7) is 0.717. The largest absolute Gasteiger partial charge is 0.495 e. The normalized spacial score (nSPS) is 9.95. The minimum atomic E-state index is 0.587. The molecule has 2 aromatic rings. The highest BCUT2D eigenvalue weighted by Gasteiger charge is 2.08. The van der Waals surface area contributed by atoms with Crippen LogP contribution in [0.1, 0.15) is 11.3 Å². The SMILES string of the molecule is COc1cccc(C#N)c1NCCc1ccnn1C. The highest BCUT2D eigenvalue weighted by Crippen LogP contribution is 2.27. The quantitative estimate of drug-likeness (QED) is 0.888. The Bertz CT molecular complexity index is 598. The molecule has 0 atom stereocenters. The molecule has 0 saturated heterocycles. The van der Waals surface area contributed by atoms with E-state index in [1.165, 1.54) is 0 Å². The van der Waals surface area contributed by atoms with Crippen LogP contribution in [0.5, 0.6) is 5.75 Å². The number of hydrogen-bond acceptors (Lipinski definition) is 4. The second kappa shape index (κ2) is 5.91. The first-order chi connectivity index (χ1) is 9.26. The van der Waals surface area contributed by atoms with Crippen molar-refractivity contribution in [2.24, 2.45) is 7.05 Å². The number of nitrogens with zero attached hydrogens (tertiary/aromatic N) is 3. The molecule has 0 radical (unpaired) electrons. The van der Waals surface area contributed by atoms with Crippen LogP contribution >= 0.6 is 0 Å². The maximum atomic E-state index is 9.11. The zero-order chi connectivity index (χ0) is 13.7. The lowest BCUT2D eigenvalue weighted by atomic mass is 10.1. The van der Waals surface area contributed by atoms with Gasteiger partial charge in [0.2, 0.25) is 0 Å². The van der Waals surface area contributed by atoms with Crippen molar-refractivity contribution in [1.29, 1.82) is 5.26 Å². The van der Waals surface area contributed by atoms with Crippen LogP contribution in [0.2, 0.25) is 0 Å².